The van der Waals surface area contributed by atoms with Crippen molar-refractivity contribution in [3.8, 4) is 0 Å². The number of pyridine rings is 1. The van der Waals surface area contributed by atoms with Crippen molar-refractivity contribution in [2.75, 3.05) is 25.5 Å². The molecule has 1 fully saturated rings. The van der Waals surface area contributed by atoms with E-state index in [0.717, 1.165) is 5.82 Å². The molecule has 1 aliphatic carbocycles. The number of nitrogens with one attached hydrogen (secondary N) is 1. The molecule has 1 amide bonds. The van der Waals surface area contributed by atoms with E-state index >= 15 is 0 Å². The quantitative estimate of drug-likeness (QED) is 0.801. The van der Waals surface area contributed by atoms with Gasteiger partial charge in [0, 0.05) is 32.9 Å². The van der Waals surface area contributed by atoms with Crippen LogP contribution in [0.25, 0.3) is 0 Å². The van der Waals surface area contributed by atoms with Gasteiger partial charge in [0.25, 0.3) is 5.91 Å². The van der Waals surface area contributed by atoms with Gasteiger partial charge in [-0.2, -0.15) is 0 Å². The topological polar surface area (TPSA) is 71.2 Å². The maximum Gasteiger partial charge on any atom is 0.253 e. The summed E-state index contributed by atoms with van der Waals surface area (Å²) in [4.78, 5) is 18.1. The van der Waals surface area contributed by atoms with Crippen LogP contribution >= 0.6 is 0 Å². The molecule has 0 radical (unpaired) electrons. The maximum atomic E-state index is 12.0. The van der Waals surface area contributed by atoms with E-state index in [0.29, 0.717) is 18.0 Å². The summed E-state index contributed by atoms with van der Waals surface area (Å²) >= 11 is 0. The maximum absolute atomic E-state index is 12.0. The Hall–Kier alpha value is -1.62. The Labute approximate surface area is 107 Å². The fourth-order valence-electron chi connectivity index (χ4n) is 1.90. The smallest absolute Gasteiger partial charge is 0.253 e. The Kier molecular flexibility index (Phi) is 3.81. The highest BCUT2D eigenvalue weighted by Crippen LogP contribution is 2.32. The highest BCUT2D eigenvalue weighted by atomic mass is 16.1. The highest BCUT2D eigenvalue weighted by Gasteiger charge is 2.31. The molecule has 5 heteroatoms. The van der Waals surface area contributed by atoms with Crippen LogP contribution < -0.4 is 16.0 Å². The second-order valence-corrected chi connectivity index (χ2v) is 4.95. The van der Waals surface area contributed by atoms with Crippen LogP contribution in [-0.4, -0.2) is 37.6 Å². The molecule has 1 aromatic rings. The first kappa shape index (κ1) is 12.8. The standard InChI is InChI=1S/C13H20N4O/c1-17(2)12-6-5-10(8-15-12)13(18)16-11(7-14)9-3-4-9/h5-6,8-9,11H,3-4,7,14H2,1-2H3,(H,16,18). The van der Waals surface area contributed by atoms with Crippen LogP contribution in [0.3, 0.4) is 0 Å². The average molecular weight is 248 g/mol. The fraction of sp³-hybridized carbons (Fsp3) is 0.538. The van der Waals surface area contributed by atoms with Gasteiger partial charge in [-0.25, -0.2) is 4.98 Å². The molecule has 5 nitrogen and oxygen atoms in total. The SMILES string of the molecule is CN(C)c1ccc(C(=O)NC(CN)C2CC2)cn1. The molecule has 18 heavy (non-hydrogen) atoms. The second-order valence-electron chi connectivity index (χ2n) is 4.95. The van der Waals surface area contributed by atoms with E-state index < -0.39 is 0 Å². The summed E-state index contributed by atoms with van der Waals surface area (Å²) in [7, 11) is 3.83. The van der Waals surface area contributed by atoms with Gasteiger partial charge in [0.1, 0.15) is 5.82 Å². The summed E-state index contributed by atoms with van der Waals surface area (Å²) in [6.45, 7) is 0.500. The van der Waals surface area contributed by atoms with Crippen molar-refractivity contribution in [2.45, 2.75) is 18.9 Å². The molecule has 2 rings (SSSR count). The third-order valence-electron chi connectivity index (χ3n) is 3.23. The normalized spacial score (nSPS) is 16.2. The summed E-state index contributed by atoms with van der Waals surface area (Å²) in [5.41, 5.74) is 6.25. The number of amides is 1. The van der Waals surface area contributed by atoms with Crippen molar-refractivity contribution in [3.63, 3.8) is 0 Å². The van der Waals surface area contributed by atoms with Crippen molar-refractivity contribution in [2.24, 2.45) is 11.7 Å². The monoisotopic (exact) mass is 248 g/mol. The van der Waals surface area contributed by atoms with E-state index in [9.17, 15) is 4.79 Å². The first-order valence-electron chi connectivity index (χ1n) is 6.26. The molecule has 1 saturated carbocycles. The summed E-state index contributed by atoms with van der Waals surface area (Å²) < 4.78 is 0. The van der Waals surface area contributed by atoms with Crippen molar-refractivity contribution < 1.29 is 4.79 Å². The molecule has 1 unspecified atom stereocenters. The van der Waals surface area contributed by atoms with Crippen LogP contribution in [-0.2, 0) is 0 Å². The summed E-state index contributed by atoms with van der Waals surface area (Å²) in [5.74, 6) is 1.31. The Bertz CT molecular complexity index is 412. The highest BCUT2D eigenvalue weighted by molar-refractivity contribution is 5.94. The number of carbonyl (C=O) groups is 1. The Morgan fingerprint density at radius 1 is 1.56 bits per heavy atom. The van der Waals surface area contributed by atoms with E-state index in [1.807, 2.05) is 25.1 Å². The van der Waals surface area contributed by atoms with Gasteiger partial charge in [0.05, 0.1) is 5.56 Å². The van der Waals surface area contributed by atoms with Gasteiger partial charge in [-0.05, 0) is 30.9 Å². The van der Waals surface area contributed by atoms with Gasteiger partial charge in [-0.1, -0.05) is 0 Å². The molecule has 98 valence electrons. The van der Waals surface area contributed by atoms with Crippen LogP contribution in [0.4, 0.5) is 5.82 Å². The molecule has 3 N–H and O–H groups in total. The predicted octanol–water partition coefficient (Wildman–Crippen LogP) is 0.615. The second kappa shape index (κ2) is 5.35. The molecule has 1 aromatic heterocycles. The molecule has 0 aliphatic heterocycles. The third kappa shape index (κ3) is 2.98. The van der Waals surface area contributed by atoms with Gasteiger partial charge >= 0.3 is 0 Å². The average Bonchev–Trinajstić information content (AvgIpc) is 3.20. The van der Waals surface area contributed by atoms with Crippen molar-refractivity contribution >= 4 is 11.7 Å². The van der Waals surface area contributed by atoms with Crippen molar-refractivity contribution in [1.82, 2.24) is 10.3 Å². The zero-order valence-electron chi connectivity index (χ0n) is 10.9. The molecule has 0 saturated heterocycles. The minimum absolute atomic E-state index is 0.0878. The zero-order chi connectivity index (χ0) is 13.1. The van der Waals surface area contributed by atoms with Crippen molar-refractivity contribution in [1.29, 1.82) is 0 Å². The summed E-state index contributed by atoms with van der Waals surface area (Å²) in [5, 5.41) is 2.98. The van der Waals surface area contributed by atoms with E-state index in [2.05, 4.69) is 10.3 Å². The van der Waals surface area contributed by atoms with Gasteiger partial charge < -0.3 is 16.0 Å². The Balaban J connectivity index is 1.99. The summed E-state index contributed by atoms with van der Waals surface area (Å²) in [6, 6.07) is 3.73. The predicted molar refractivity (Wildman–Crippen MR) is 71.6 cm³/mol. The lowest BCUT2D eigenvalue weighted by molar-refractivity contribution is 0.0933. The van der Waals surface area contributed by atoms with Gasteiger partial charge in [0.15, 0.2) is 0 Å². The number of carbonyl (C=O) groups excluding carboxylic acids is 1. The molecule has 0 spiro atoms. The number of aromatic nitrogens is 1. The van der Waals surface area contributed by atoms with Crippen molar-refractivity contribution in [3.05, 3.63) is 23.9 Å². The van der Waals surface area contributed by atoms with Crippen LogP contribution in [0.5, 0.6) is 0 Å². The minimum Gasteiger partial charge on any atom is -0.363 e. The number of anilines is 1. The molecular formula is C13H20N4O. The van der Waals surface area contributed by atoms with E-state index in [-0.39, 0.29) is 11.9 Å². The first-order valence-corrected chi connectivity index (χ1v) is 6.26. The number of nitrogens with zero attached hydrogens (tertiary/aromatic N) is 2. The Morgan fingerprint density at radius 2 is 2.28 bits per heavy atom. The van der Waals surface area contributed by atoms with Gasteiger partial charge in [-0.3, -0.25) is 4.79 Å². The number of hydrogen-bond acceptors (Lipinski definition) is 4. The lowest BCUT2D eigenvalue weighted by Crippen LogP contribution is -2.41. The fourth-order valence-corrected chi connectivity index (χ4v) is 1.90. The van der Waals surface area contributed by atoms with Crippen LogP contribution in [0, 0.1) is 5.92 Å². The third-order valence-corrected chi connectivity index (χ3v) is 3.23. The van der Waals surface area contributed by atoms with Gasteiger partial charge in [-0.15, -0.1) is 0 Å². The number of nitrogens with two attached hydrogens (primary N) is 1. The van der Waals surface area contributed by atoms with Gasteiger partial charge in [0.2, 0.25) is 0 Å². The lowest BCUT2D eigenvalue weighted by Gasteiger charge is -2.16. The molecular weight excluding hydrogens is 228 g/mol. The van der Waals surface area contributed by atoms with Crippen LogP contribution in [0.1, 0.15) is 23.2 Å². The number of hydrogen-bond donors (Lipinski definition) is 2. The molecule has 1 heterocycles. The summed E-state index contributed by atoms with van der Waals surface area (Å²) in [6.07, 6.45) is 3.94. The van der Waals surface area contributed by atoms with E-state index in [4.69, 9.17) is 5.73 Å². The van der Waals surface area contributed by atoms with Crippen LogP contribution in [0.2, 0.25) is 0 Å². The lowest BCUT2D eigenvalue weighted by atomic mass is 10.1. The Morgan fingerprint density at radius 3 is 2.72 bits per heavy atom. The van der Waals surface area contributed by atoms with E-state index in [1.54, 1.807) is 12.3 Å². The van der Waals surface area contributed by atoms with E-state index in [1.165, 1.54) is 12.8 Å². The molecule has 0 aromatic carbocycles. The molecule has 0 bridgehead atoms. The van der Waals surface area contributed by atoms with Crippen LogP contribution in [0.15, 0.2) is 18.3 Å². The number of rotatable bonds is 5. The minimum atomic E-state index is -0.0878. The largest absolute Gasteiger partial charge is 0.363 e. The molecule has 1 aliphatic rings. The molecule has 1 atom stereocenters. The zero-order valence-corrected chi connectivity index (χ0v) is 10.9. The first-order chi connectivity index (χ1) is 8.61.